The standard InChI is InChI=1S/C25H25N3O6S/c1-14-22(24(30)27-8-10-29)17-4-3-15(11-20(17)33-14)34-19-5-7-26-18-12-21(35-23(18)19)25(31)28-9-6-16(13-28)32-2/h3-5,7,11-12,16,29H,6,8-10,13H2,1-2H3,(H,27,30)/t16-/m1/s1. The molecule has 4 heterocycles. The van der Waals surface area contributed by atoms with Crippen molar-refractivity contribution in [3.05, 3.63) is 52.7 Å². The highest BCUT2D eigenvalue weighted by atomic mass is 32.1. The van der Waals surface area contributed by atoms with Crippen LogP contribution in [0.2, 0.25) is 0 Å². The van der Waals surface area contributed by atoms with Gasteiger partial charge in [-0.3, -0.25) is 14.6 Å². The third kappa shape index (κ3) is 4.47. The van der Waals surface area contributed by atoms with Gasteiger partial charge in [0.15, 0.2) is 0 Å². The zero-order chi connectivity index (χ0) is 24.5. The van der Waals surface area contributed by atoms with Crippen LogP contribution in [0.5, 0.6) is 11.5 Å². The molecule has 5 rings (SSSR count). The first kappa shape index (κ1) is 23.3. The van der Waals surface area contributed by atoms with Gasteiger partial charge >= 0.3 is 0 Å². The fourth-order valence-electron chi connectivity index (χ4n) is 4.29. The van der Waals surface area contributed by atoms with E-state index >= 15 is 0 Å². The van der Waals surface area contributed by atoms with E-state index in [1.165, 1.54) is 11.3 Å². The summed E-state index contributed by atoms with van der Waals surface area (Å²) in [6.45, 7) is 3.01. The van der Waals surface area contributed by atoms with Crippen molar-refractivity contribution in [2.45, 2.75) is 19.4 Å². The van der Waals surface area contributed by atoms with E-state index < -0.39 is 0 Å². The van der Waals surface area contributed by atoms with Crippen LogP contribution in [0.3, 0.4) is 0 Å². The average Bonchev–Trinajstić information content (AvgIpc) is 3.58. The number of pyridine rings is 1. The van der Waals surface area contributed by atoms with Gasteiger partial charge in [-0.25, -0.2) is 0 Å². The van der Waals surface area contributed by atoms with Crippen LogP contribution in [-0.2, 0) is 4.74 Å². The molecule has 2 amide bonds. The maximum Gasteiger partial charge on any atom is 0.264 e. The van der Waals surface area contributed by atoms with E-state index in [1.807, 2.05) is 0 Å². The van der Waals surface area contributed by atoms with E-state index in [4.69, 9.17) is 19.0 Å². The number of carbonyl (C=O) groups is 2. The van der Waals surface area contributed by atoms with Crippen LogP contribution < -0.4 is 10.1 Å². The predicted octanol–water partition coefficient (Wildman–Crippen LogP) is 3.73. The quantitative estimate of drug-likeness (QED) is 0.402. The fourth-order valence-corrected chi connectivity index (χ4v) is 5.32. The Morgan fingerprint density at radius 1 is 1.31 bits per heavy atom. The molecule has 4 aromatic rings. The van der Waals surface area contributed by atoms with Crippen molar-refractivity contribution in [3.63, 3.8) is 0 Å². The Balaban J connectivity index is 1.41. The second-order valence-corrected chi connectivity index (χ2v) is 9.36. The molecular formula is C25H25N3O6S. The number of hydrogen-bond donors (Lipinski definition) is 2. The number of aliphatic hydroxyl groups is 1. The second kappa shape index (κ2) is 9.65. The number of hydrogen-bond acceptors (Lipinski definition) is 8. The number of carbonyl (C=O) groups excluding carboxylic acids is 2. The van der Waals surface area contributed by atoms with Gasteiger partial charge < -0.3 is 29.2 Å². The van der Waals surface area contributed by atoms with Crippen LogP contribution in [-0.4, -0.2) is 66.3 Å². The van der Waals surface area contributed by atoms with Gasteiger partial charge in [-0.2, -0.15) is 0 Å². The lowest BCUT2D eigenvalue weighted by Crippen LogP contribution is -2.29. The normalized spacial score (nSPS) is 15.7. The molecule has 10 heteroatoms. The number of fused-ring (bicyclic) bond motifs is 2. The summed E-state index contributed by atoms with van der Waals surface area (Å²) in [5, 5.41) is 12.3. The number of benzene rings is 1. The molecule has 1 aliphatic rings. The highest BCUT2D eigenvalue weighted by Crippen LogP contribution is 2.37. The van der Waals surface area contributed by atoms with Gasteiger partial charge in [-0.1, -0.05) is 0 Å². The summed E-state index contributed by atoms with van der Waals surface area (Å²) in [6, 6.07) is 8.82. The molecule has 3 aromatic heterocycles. The van der Waals surface area contributed by atoms with E-state index in [-0.39, 0.29) is 31.1 Å². The number of aryl methyl sites for hydroxylation is 1. The summed E-state index contributed by atoms with van der Waals surface area (Å²) in [5.41, 5.74) is 1.64. The highest BCUT2D eigenvalue weighted by molar-refractivity contribution is 7.21. The molecule has 0 unspecified atom stereocenters. The Morgan fingerprint density at radius 2 is 2.17 bits per heavy atom. The van der Waals surface area contributed by atoms with Crippen molar-refractivity contribution >= 4 is 44.3 Å². The monoisotopic (exact) mass is 495 g/mol. The largest absolute Gasteiger partial charge is 0.460 e. The van der Waals surface area contributed by atoms with E-state index in [9.17, 15) is 9.59 Å². The summed E-state index contributed by atoms with van der Waals surface area (Å²) >= 11 is 1.35. The van der Waals surface area contributed by atoms with Crippen molar-refractivity contribution in [1.82, 2.24) is 15.2 Å². The first-order valence-electron chi connectivity index (χ1n) is 11.3. The SMILES string of the molecule is CO[C@@H]1CCN(C(=O)c2cc3nccc(Oc4ccc5c(C(=O)NCCO)c(C)oc5c4)c3s2)C1. The van der Waals surface area contributed by atoms with Crippen molar-refractivity contribution < 1.29 is 28.6 Å². The van der Waals surface area contributed by atoms with Gasteiger partial charge in [0, 0.05) is 50.5 Å². The van der Waals surface area contributed by atoms with Crippen molar-refractivity contribution in [3.8, 4) is 11.5 Å². The van der Waals surface area contributed by atoms with Crippen LogP contribution >= 0.6 is 11.3 Å². The number of thiophene rings is 1. The van der Waals surface area contributed by atoms with Gasteiger partial charge in [0.25, 0.3) is 11.8 Å². The third-order valence-electron chi connectivity index (χ3n) is 6.04. The Bertz CT molecular complexity index is 1410. The topological polar surface area (TPSA) is 114 Å². The summed E-state index contributed by atoms with van der Waals surface area (Å²) in [5.74, 6) is 1.27. The zero-order valence-corrected chi connectivity index (χ0v) is 20.2. The van der Waals surface area contributed by atoms with Crippen molar-refractivity contribution in [2.75, 3.05) is 33.4 Å². The summed E-state index contributed by atoms with van der Waals surface area (Å²) in [6.07, 6.45) is 2.56. The van der Waals surface area contributed by atoms with Crippen LogP contribution in [0.4, 0.5) is 0 Å². The molecule has 1 aromatic carbocycles. The van der Waals surface area contributed by atoms with Crippen LogP contribution in [0.25, 0.3) is 21.2 Å². The average molecular weight is 496 g/mol. The number of ether oxygens (including phenoxy) is 2. The number of nitrogens with zero attached hydrogens (tertiary/aromatic N) is 2. The van der Waals surface area contributed by atoms with Gasteiger partial charge in [0.05, 0.1) is 33.4 Å². The molecular weight excluding hydrogens is 470 g/mol. The maximum absolute atomic E-state index is 13.0. The number of rotatable bonds is 7. The number of amides is 2. The molecule has 0 bridgehead atoms. The van der Waals surface area contributed by atoms with E-state index in [0.29, 0.717) is 57.3 Å². The van der Waals surface area contributed by atoms with Crippen molar-refractivity contribution in [2.24, 2.45) is 0 Å². The number of likely N-dealkylation sites (tertiary alicyclic amines) is 1. The van der Waals surface area contributed by atoms with Crippen molar-refractivity contribution in [1.29, 1.82) is 0 Å². The lowest BCUT2D eigenvalue weighted by Gasteiger charge is -2.14. The first-order valence-corrected chi connectivity index (χ1v) is 12.1. The van der Waals surface area contributed by atoms with E-state index in [2.05, 4.69) is 10.3 Å². The molecule has 0 aliphatic carbocycles. The molecule has 1 fully saturated rings. The van der Waals surface area contributed by atoms with Crippen LogP contribution in [0, 0.1) is 6.92 Å². The van der Waals surface area contributed by atoms with Crippen LogP contribution in [0.15, 0.2) is 40.9 Å². The number of nitrogens with one attached hydrogen (secondary N) is 1. The van der Waals surface area contributed by atoms with Crippen LogP contribution in [0.1, 0.15) is 32.2 Å². The second-order valence-electron chi connectivity index (χ2n) is 8.30. The Hall–Kier alpha value is -3.47. The fraction of sp³-hybridized carbons (Fsp3) is 0.320. The molecule has 0 saturated carbocycles. The minimum absolute atomic E-state index is 0.0296. The first-order chi connectivity index (χ1) is 17.0. The third-order valence-corrected chi connectivity index (χ3v) is 7.17. The molecule has 9 nitrogen and oxygen atoms in total. The minimum Gasteiger partial charge on any atom is -0.460 e. The molecule has 1 atom stereocenters. The Kier molecular flexibility index (Phi) is 6.42. The molecule has 0 radical (unpaired) electrons. The number of methoxy groups -OCH3 is 1. The molecule has 0 spiro atoms. The molecule has 182 valence electrons. The lowest BCUT2D eigenvalue weighted by atomic mass is 10.1. The summed E-state index contributed by atoms with van der Waals surface area (Å²) in [4.78, 5) is 32.3. The molecule has 2 N–H and O–H groups in total. The zero-order valence-electron chi connectivity index (χ0n) is 19.4. The number of furan rings is 1. The molecule has 1 saturated heterocycles. The van der Waals surface area contributed by atoms with E-state index in [0.717, 1.165) is 11.1 Å². The lowest BCUT2D eigenvalue weighted by molar-refractivity contribution is 0.0728. The molecule has 1 aliphatic heterocycles. The highest BCUT2D eigenvalue weighted by Gasteiger charge is 2.28. The Morgan fingerprint density at radius 3 is 2.94 bits per heavy atom. The van der Waals surface area contributed by atoms with Gasteiger partial charge in [0.1, 0.15) is 22.8 Å². The minimum atomic E-state index is -0.301. The predicted molar refractivity (Wildman–Crippen MR) is 131 cm³/mol. The number of aromatic nitrogens is 1. The van der Waals surface area contributed by atoms with E-state index in [1.54, 1.807) is 55.5 Å². The maximum atomic E-state index is 13.0. The van der Waals surface area contributed by atoms with Gasteiger partial charge in [-0.05, 0) is 31.5 Å². The molecule has 35 heavy (non-hydrogen) atoms. The Labute approximate surface area is 205 Å². The number of aliphatic hydroxyl groups excluding tert-OH is 1. The smallest absolute Gasteiger partial charge is 0.264 e. The summed E-state index contributed by atoms with van der Waals surface area (Å²) < 4.78 is 18.1. The van der Waals surface area contributed by atoms with Gasteiger partial charge in [0.2, 0.25) is 0 Å². The van der Waals surface area contributed by atoms with Gasteiger partial charge in [-0.15, -0.1) is 11.3 Å². The summed E-state index contributed by atoms with van der Waals surface area (Å²) in [7, 11) is 1.67.